The highest BCUT2D eigenvalue weighted by Crippen LogP contribution is 2.21. The lowest BCUT2D eigenvalue weighted by molar-refractivity contribution is -0.123. The highest BCUT2D eigenvalue weighted by atomic mass is 35.5. The van der Waals surface area contributed by atoms with Crippen LogP contribution in [0.1, 0.15) is 17.4 Å². The van der Waals surface area contributed by atoms with Crippen LogP contribution in [0.5, 0.6) is 0 Å². The summed E-state index contributed by atoms with van der Waals surface area (Å²) < 4.78 is 5.21. The smallest absolute Gasteiger partial charge is 0.355 e. The third kappa shape index (κ3) is 3.41. The molecule has 0 fully saturated rings. The van der Waals surface area contributed by atoms with E-state index in [1.54, 1.807) is 30.3 Å². The topological polar surface area (TPSA) is 71.2 Å². The van der Waals surface area contributed by atoms with Crippen molar-refractivity contribution >= 4 is 40.1 Å². The molecule has 0 aliphatic heterocycles. The fourth-order valence-corrected chi connectivity index (χ4v) is 2.44. The largest absolute Gasteiger partial charge is 0.448 e. The third-order valence-corrected chi connectivity index (χ3v) is 3.86. The number of para-hydroxylation sites is 2. The highest BCUT2D eigenvalue weighted by molar-refractivity contribution is 6.33. The summed E-state index contributed by atoms with van der Waals surface area (Å²) in [6.07, 6.45) is -0.958. The van der Waals surface area contributed by atoms with Gasteiger partial charge in [0, 0.05) is 10.9 Å². The van der Waals surface area contributed by atoms with Crippen molar-refractivity contribution in [3.8, 4) is 0 Å². The molecule has 0 saturated heterocycles. The molecule has 0 aliphatic rings. The number of hydrogen-bond acceptors (Lipinski definition) is 3. The van der Waals surface area contributed by atoms with E-state index in [1.807, 2.05) is 24.3 Å². The van der Waals surface area contributed by atoms with Gasteiger partial charge in [0.05, 0.1) is 10.7 Å². The first kappa shape index (κ1) is 16.1. The number of rotatable bonds is 4. The van der Waals surface area contributed by atoms with Crippen LogP contribution in [0.2, 0.25) is 5.02 Å². The molecular weight excluding hydrogens is 328 g/mol. The number of amides is 1. The zero-order chi connectivity index (χ0) is 17.1. The summed E-state index contributed by atoms with van der Waals surface area (Å²) in [6.45, 7) is 1.51. The number of hydrogen-bond donors (Lipinski definition) is 2. The fourth-order valence-electron chi connectivity index (χ4n) is 2.26. The van der Waals surface area contributed by atoms with Crippen molar-refractivity contribution in [2.45, 2.75) is 13.0 Å². The number of anilines is 1. The average molecular weight is 343 g/mol. The number of carbonyl (C=O) groups excluding carboxylic acids is 2. The summed E-state index contributed by atoms with van der Waals surface area (Å²) >= 11 is 5.99. The Bertz CT molecular complexity index is 871. The van der Waals surface area contributed by atoms with E-state index in [4.69, 9.17) is 16.3 Å². The van der Waals surface area contributed by atoms with Gasteiger partial charge in [-0.15, -0.1) is 0 Å². The lowest BCUT2D eigenvalue weighted by Crippen LogP contribution is -2.30. The molecule has 122 valence electrons. The van der Waals surface area contributed by atoms with E-state index in [-0.39, 0.29) is 0 Å². The lowest BCUT2D eigenvalue weighted by atomic mass is 10.2. The molecule has 5 nitrogen and oxygen atoms in total. The average Bonchev–Trinajstić information content (AvgIpc) is 3.01. The Morgan fingerprint density at radius 1 is 1.12 bits per heavy atom. The molecular formula is C18H15ClN2O3. The minimum atomic E-state index is -0.958. The summed E-state index contributed by atoms with van der Waals surface area (Å²) in [5.41, 5.74) is 1.60. The number of carbonyl (C=O) groups is 2. The van der Waals surface area contributed by atoms with Gasteiger partial charge in [0.2, 0.25) is 0 Å². The van der Waals surface area contributed by atoms with Crippen molar-refractivity contribution in [3.05, 3.63) is 65.3 Å². The molecule has 1 heterocycles. The Labute approximate surface area is 143 Å². The number of ether oxygens (including phenoxy) is 1. The summed E-state index contributed by atoms with van der Waals surface area (Å²) in [6, 6.07) is 16.0. The fraction of sp³-hybridized carbons (Fsp3) is 0.111. The van der Waals surface area contributed by atoms with E-state index in [0.29, 0.717) is 16.4 Å². The molecule has 3 aromatic rings. The number of aromatic nitrogens is 1. The molecule has 0 saturated carbocycles. The first-order valence-corrected chi connectivity index (χ1v) is 7.76. The van der Waals surface area contributed by atoms with E-state index in [0.717, 1.165) is 10.9 Å². The van der Waals surface area contributed by atoms with Crippen molar-refractivity contribution in [1.82, 2.24) is 4.98 Å². The summed E-state index contributed by atoms with van der Waals surface area (Å²) in [7, 11) is 0. The molecule has 0 spiro atoms. The highest BCUT2D eigenvalue weighted by Gasteiger charge is 2.20. The molecule has 0 aliphatic carbocycles. The van der Waals surface area contributed by atoms with Gasteiger partial charge in [-0.25, -0.2) is 4.79 Å². The Balaban J connectivity index is 1.67. The molecule has 6 heteroatoms. The van der Waals surface area contributed by atoms with Gasteiger partial charge in [0.1, 0.15) is 5.69 Å². The maximum Gasteiger partial charge on any atom is 0.355 e. The van der Waals surface area contributed by atoms with Gasteiger partial charge >= 0.3 is 5.97 Å². The SMILES string of the molecule is CC(OC(=O)c1cc2ccccc2[nH]1)C(=O)Nc1ccccc1Cl. The van der Waals surface area contributed by atoms with Crippen LogP contribution in [-0.4, -0.2) is 23.0 Å². The number of halogens is 1. The van der Waals surface area contributed by atoms with Crippen molar-refractivity contribution < 1.29 is 14.3 Å². The van der Waals surface area contributed by atoms with Gasteiger partial charge in [-0.1, -0.05) is 41.9 Å². The van der Waals surface area contributed by atoms with Gasteiger partial charge in [-0.2, -0.15) is 0 Å². The second-order valence-electron chi connectivity index (χ2n) is 5.29. The van der Waals surface area contributed by atoms with Crippen LogP contribution in [0.3, 0.4) is 0 Å². The molecule has 3 rings (SSSR count). The van der Waals surface area contributed by atoms with Crippen molar-refractivity contribution in [2.24, 2.45) is 0 Å². The normalized spacial score (nSPS) is 11.9. The van der Waals surface area contributed by atoms with Crippen LogP contribution < -0.4 is 5.32 Å². The molecule has 1 atom stereocenters. The van der Waals surface area contributed by atoms with E-state index >= 15 is 0 Å². The Kier molecular flexibility index (Phi) is 4.53. The molecule has 1 unspecified atom stereocenters. The number of esters is 1. The molecule has 2 N–H and O–H groups in total. The number of nitrogens with one attached hydrogen (secondary N) is 2. The third-order valence-electron chi connectivity index (χ3n) is 3.53. The van der Waals surface area contributed by atoms with E-state index in [9.17, 15) is 9.59 Å². The van der Waals surface area contributed by atoms with Crippen molar-refractivity contribution in [2.75, 3.05) is 5.32 Å². The minimum Gasteiger partial charge on any atom is -0.448 e. The molecule has 2 aromatic carbocycles. The Hall–Kier alpha value is -2.79. The van der Waals surface area contributed by atoms with Gasteiger partial charge in [-0.3, -0.25) is 4.79 Å². The molecule has 1 amide bonds. The Morgan fingerprint density at radius 3 is 2.58 bits per heavy atom. The van der Waals surface area contributed by atoms with Crippen LogP contribution in [0.4, 0.5) is 5.69 Å². The monoisotopic (exact) mass is 342 g/mol. The van der Waals surface area contributed by atoms with E-state index in [2.05, 4.69) is 10.3 Å². The lowest BCUT2D eigenvalue weighted by Gasteiger charge is -2.13. The van der Waals surface area contributed by atoms with Crippen LogP contribution in [0, 0.1) is 0 Å². The minimum absolute atomic E-state index is 0.300. The van der Waals surface area contributed by atoms with Gasteiger partial charge in [-0.05, 0) is 31.2 Å². The van der Waals surface area contributed by atoms with Gasteiger partial charge in [0.15, 0.2) is 6.10 Å². The maximum atomic E-state index is 12.2. The van der Waals surface area contributed by atoms with Crippen LogP contribution in [0.15, 0.2) is 54.6 Å². The second-order valence-corrected chi connectivity index (χ2v) is 5.69. The number of benzene rings is 2. The quantitative estimate of drug-likeness (QED) is 0.704. The molecule has 0 radical (unpaired) electrons. The first-order valence-electron chi connectivity index (χ1n) is 7.39. The number of fused-ring (bicyclic) bond motifs is 1. The summed E-state index contributed by atoms with van der Waals surface area (Å²) in [5.74, 6) is -1.04. The maximum absolute atomic E-state index is 12.2. The van der Waals surface area contributed by atoms with Crippen LogP contribution >= 0.6 is 11.6 Å². The van der Waals surface area contributed by atoms with Gasteiger partial charge in [0.25, 0.3) is 5.91 Å². The zero-order valence-corrected chi connectivity index (χ0v) is 13.6. The molecule has 24 heavy (non-hydrogen) atoms. The molecule has 1 aromatic heterocycles. The van der Waals surface area contributed by atoms with Crippen molar-refractivity contribution in [3.63, 3.8) is 0 Å². The number of aromatic amines is 1. The standard InChI is InChI=1S/C18H15ClN2O3/c1-11(17(22)21-15-9-5-3-7-13(15)19)24-18(23)16-10-12-6-2-4-8-14(12)20-16/h2-11,20H,1H3,(H,21,22). The zero-order valence-electron chi connectivity index (χ0n) is 12.9. The Morgan fingerprint density at radius 2 is 1.83 bits per heavy atom. The van der Waals surface area contributed by atoms with Gasteiger partial charge < -0.3 is 15.0 Å². The second kappa shape index (κ2) is 6.76. The van der Waals surface area contributed by atoms with Crippen molar-refractivity contribution in [1.29, 1.82) is 0 Å². The van der Waals surface area contributed by atoms with E-state index < -0.39 is 18.0 Å². The summed E-state index contributed by atoms with van der Waals surface area (Å²) in [4.78, 5) is 27.3. The number of H-pyrrole nitrogens is 1. The molecule has 0 bridgehead atoms. The summed E-state index contributed by atoms with van der Waals surface area (Å²) in [5, 5.41) is 3.95. The van der Waals surface area contributed by atoms with Crippen LogP contribution in [0.25, 0.3) is 10.9 Å². The predicted molar refractivity (Wildman–Crippen MR) is 93.3 cm³/mol. The predicted octanol–water partition coefficient (Wildman–Crippen LogP) is 4.01. The first-order chi connectivity index (χ1) is 11.5. The van der Waals surface area contributed by atoms with Crippen LogP contribution in [-0.2, 0) is 9.53 Å². The van der Waals surface area contributed by atoms with E-state index in [1.165, 1.54) is 6.92 Å².